The maximum absolute atomic E-state index is 11.7. The third-order valence-electron chi connectivity index (χ3n) is 2.25. The summed E-state index contributed by atoms with van der Waals surface area (Å²) < 4.78 is 0. The molecule has 0 saturated heterocycles. The van der Waals surface area contributed by atoms with Crippen molar-refractivity contribution in [3.8, 4) is 0 Å². The summed E-state index contributed by atoms with van der Waals surface area (Å²) >= 11 is 0. The zero-order valence-corrected chi connectivity index (χ0v) is 10.9. The summed E-state index contributed by atoms with van der Waals surface area (Å²) in [7, 11) is 0. The number of aromatic nitrogens is 5. The fourth-order valence-corrected chi connectivity index (χ4v) is 1.32. The van der Waals surface area contributed by atoms with Crippen molar-refractivity contribution in [3.63, 3.8) is 0 Å². The van der Waals surface area contributed by atoms with Crippen molar-refractivity contribution < 1.29 is 9.72 Å². The van der Waals surface area contributed by atoms with E-state index in [9.17, 15) is 14.9 Å². The van der Waals surface area contributed by atoms with E-state index < -0.39 is 16.8 Å². The molecule has 21 heavy (non-hydrogen) atoms. The Kier molecular flexibility index (Phi) is 4.23. The zero-order valence-electron chi connectivity index (χ0n) is 10.9. The molecule has 0 aliphatic heterocycles. The normalized spacial score (nSPS) is 11.2. The van der Waals surface area contributed by atoms with E-state index in [1.165, 1.54) is 6.20 Å². The van der Waals surface area contributed by atoms with Gasteiger partial charge in [-0.15, -0.1) is 0 Å². The highest BCUT2D eigenvalue weighted by molar-refractivity contribution is 5.94. The molecular formula is C10H10N8O3. The Labute approximate surface area is 117 Å². The predicted octanol–water partition coefficient (Wildman–Crippen LogP) is -0.218. The molecule has 0 aromatic carbocycles. The van der Waals surface area contributed by atoms with Crippen LogP contribution >= 0.6 is 0 Å². The summed E-state index contributed by atoms with van der Waals surface area (Å²) in [6.07, 6.45) is 2.96. The molecule has 0 atom stereocenters. The average molecular weight is 290 g/mol. The molecule has 2 aromatic heterocycles. The minimum absolute atomic E-state index is 0.0637. The van der Waals surface area contributed by atoms with Crippen LogP contribution < -0.4 is 5.43 Å². The number of carbonyl (C=O) groups excluding carboxylic acids is 1. The van der Waals surface area contributed by atoms with Crippen LogP contribution in [0.4, 0.5) is 5.95 Å². The second kappa shape index (κ2) is 6.27. The van der Waals surface area contributed by atoms with Crippen molar-refractivity contribution in [2.45, 2.75) is 13.5 Å². The quantitative estimate of drug-likeness (QED) is 0.455. The summed E-state index contributed by atoms with van der Waals surface area (Å²) in [5.74, 6) is -1.01. The highest BCUT2D eigenvalue weighted by Gasteiger charge is 2.15. The maximum Gasteiger partial charge on any atom is 0.514 e. The van der Waals surface area contributed by atoms with Gasteiger partial charge in [-0.25, -0.2) is 5.43 Å². The molecule has 1 N–H and O–H groups in total. The van der Waals surface area contributed by atoms with Crippen LogP contribution in [0.2, 0.25) is 0 Å². The van der Waals surface area contributed by atoms with Gasteiger partial charge in [-0.2, -0.15) is 5.10 Å². The Morgan fingerprint density at radius 2 is 2.38 bits per heavy atom. The first-order valence-electron chi connectivity index (χ1n) is 5.72. The van der Waals surface area contributed by atoms with Gasteiger partial charge in [0.2, 0.25) is 0 Å². The van der Waals surface area contributed by atoms with Gasteiger partial charge in [0.15, 0.2) is 0 Å². The molecule has 1 amide bonds. The van der Waals surface area contributed by atoms with Crippen molar-refractivity contribution in [2.24, 2.45) is 5.10 Å². The number of carbonyl (C=O) groups is 1. The van der Waals surface area contributed by atoms with Gasteiger partial charge in [0.25, 0.3) is 5.91 Å². The fraction of sp³-hybridized carbons (Fsp3) is 0.200. The summed E-state index contributed by atoms with van der Waals surface area (Å²) in [5.41, 5.74) is 3.14. The summed E-state index contributed by atoms with van der Waals surface area (Å²) in [4.78, 5) is 26.2. The maximum atomic E-state index is 11.7. The molecule has 0 radical (unpaired) electrons. The van der Waals surface area contributed by atoms with E-state index in [0.717, 1.165) is 4.80 Å². The first-order chi connectivity index (χ1) is 10.1. The Morgan fingerprint density at radius 1 is 1.57 bits per heavy atom. The molecular weight excluding hydrogens is 280 g/mol. The molecule has 0 aliphatic carbocycles. The second-order valence-electron chi connectivity index (χ2n) is 3.91. The van der Waals surface area contributed by atoms with Crippen LogP contribution in [0.3, 0.4) is 0 Å². The first kappa shape index (κ1) is 14.2. The summed E-state index contributed by atoms with van der Waals surface area (Å²) in [6.45, 7) is 1.67. The smallest absolute Gasteiger partial charge is 0.390 e. The Bertz CT molecular complexity index is 681. The number of nitro groups is 1. The summed E-state index contributed by atoms with van der Waals surface area (Å²) in [5, 5.41) is 24.5. The monoisotopic (exact) mass is 290 g/mol. The van der Waals surface area contributed by atoms with Gasteiger partial charge in [0.05, 0.1) is 21.5 Å². The van der Waals surface area contributed by atoms with Crippen molar-refractivity contribution in [3.05, 3.63) is 40.2 Å². The molecule has 108 valence electrons. The molecule has 0 aliphatic rings. The van der Waals surface area contributed by atoms with Crippen LogP contribution in [0.1, 0.15) is 17.3 Å². The van der Waals surface area contributed by atoms with Gasteiger partial charge in [-0.3, -0.25) is 9.78 Å². The fourth-order valence-electron chi connectivity index (χ4n) is 1.32. The van der Waals surface area contributed by atoms with Gasteiger partial charge < -0.3 is 10.1 Å². The minimum Gasteiger partial charge on any atom is -0.390 e. The molecule has 0 saturated carbocycles. The highest BCUT2D eigenvalue weighted by atomic mass is 16.6. The number of nitrogens with one attached hydrogen (secondary N) is 1. The third kappa shape index (κ3) is 3.86. The van der Waals surface area contributed by atoms with E-state index >= 15 is 0 Å². The van der Waals surface area contributed by atoms with Gasteiger partial charge in [-0.05, 0) is 24.0 Å². The average Bonchev–Trinajstić information content (AvgIpc) is 2.94. The van der Waals surface area contributed by atoms with E-state index in [4.69, 9.17) is 0 Å². The number of hydrogen-bond acceptors (Lipinski definition) is 8. The van der Waals surface area contributed by atoms with Crippen molar-refractivity contribution in [1.82, 2.24) is 30.6 Å². The lowest BCUT2D eigenvalue weighted by atomic mass is 10.3. The number of hydrazone groups is 1. The van der Waals surface area contributed by atoms with E-state index in [0.29, 0.717) is 11.3 Å². The van der Waals surface area contributed by atoms with Crippen LogP contribution in [-0.4, -0.2) is 41.7 Å². The van der Waals surface area contributed by atoms with E-state index in [1.54, 1.807) is 25.3 Å². The molecule has 2 aromatic rings. The Hall–Kier alpha value is -3.24. The standard InChI is InChI=1S/C10H10N8O3/c1-7(6-17-15-10(14-16-17)18(20)21)12-13-9(19)8-3-2-4-11-5-8/h2-5H,6H2,1H3,(H,13,19)/b12-7+. The topological polar surface area (TPSA) is 141 Å². The van der Waals surface area contributed by atoms with Gasteiger partial charge in [-0.1, -0.05) is 4.80 Å². The molecule has 0 fully saturated rings. The number of amides is 1. The first-order valence-corrected chi connectivity index (χ1v) is 5.72. The van der Waals surface area contributed by atoms with Crippen molar-refractivity contribution in [1.29, 1.82) is 0 Å². The molecule has 0 unspecified atom stereocenters. The number of nitrogens with zero attached hydrogens (tertiary/aromatic N) is 7. The van der Waals surface area contributed by atoms with Crippen LogP contribution in [0.5, 0.6) is 0 Å². The van der Waals surface area contributed by atoms with Crippen LogP contribution in [0.15, 0.2) is 29.6 Å². The molecule has 2 heterocycles. The lowest BCUT2D eigenvalue weighted by Crippen LogP contribution is -2.21. The SMILES string of the molecule is C/C(Cn1nnc([N+](=O)[O-])n1)=N\NC(=O)c1cccnc1. The number of rotatable bonds is 5. The molecule has 0 spiro atoms. The minimum atomic E-state index is -0.750. The van der Waals surface area contributed by atoms with Crippen LogP contribution in [0.25, 0.3) is 0 Å². The third-order valence-corrected chi connectivity index (χ3v) is 2.25. The number of pyridine rings is 1. The van der Waals surface area contributed by atoms with E-state index in [2.05, 4.69) is 30.9 Å². The van der Waals surface area contributed by atoms with Gasteiger partial charge >= 0.3 is 5.95 Å². The largest absolute Gasteiger partial charge is 0.514 e. The number of tetrazole rings is 1. The molecule has 11 heteroatoms. The Balaban J connectivity index is 1.95. The van der Waals surface area contributed by atoms with E-state index in [1.807, 2.05) is 0 Å². The lowest BCUT2D eigenvalue weighted by molar-refractivity contribution is -0.394. The van der Waals surface area contributed by atoms with Crippen molar-refractivity contribution >= 4 is 17.6 Å². The molecule has 0 bridgehead atoms. The summed E-state index contributed by atoms with van der Waals surface area (Å²) in [6, 6.07) is 3.22. The lowest BCUT2D eigenvalue weighted by Gasteiger charge is -2.00. The second-order valence-corrected chi connectivity index (χ2v) is 3.91. The van der Waals surface area contributed by atoms with Gasteiger partial charge in [0.1, 0.15) is 6.54 Å². The van der Waals surface area contributed by atoms with Gasteiger partial charge in [0, 0.05) is 17.6 Å². The predicted molar refractivity (Wildman–Crippen MR) is 69.3 cm³/mol. The Morgan fingerprint density at radius 3 is 3.00 bits per heavy atom. The number of hydrogen-bond donors (Lipinski definition) is 1. The molecule has 11 nitrogen and oxygen atoms in total. The highest BCUT2D eigenvalue weighted by Crippen LogP contribution is 1.97. The molecule has 2 rings (SSSR count). The van der Waals surface area contributed by atoms with Crippen LogP contribution in [0, 0.1) is 10.1 Å². The van der Waals surface area contributed by atoms with Crippen molar-refractivity contribution in [2.75, 3.05) is 0 Å². The van der Waals surface area contributed by atoms with Crippen LogP contribution in [-0.2, 0) is 6.54 Å². The zero-order chi connectivity index (χ0) is 15.2. The van der Waals surface area contributed by atoms with E-state index in [-0.39, 0.29) is 6.54 Å².